The minimum atomic E-state index is -3.05. The number of rotatable bonds is 8. The first kappa shape index (κ1) is 23.9. The zero-order valence-electron chi connectivity index (χ0n) is 15.5. The lowest BCUT2D eigenvalue weighted by Gasteiger charge is -2.32. The van der Waals surface area contributed by atoms with Gasteiger partial charge in [-0.1, -0.05) is 26.7 Å². The van der Waals surface area contributed by atoms with E-state index in [0.717, 1.165) is 44.7 Å². The third kappa shape index (κ3) is 7.86. The Balaban J connectivity index is 0.00000529. The van der Waals surface area contributed by atoms with Gasteiger partial charge >= 0.3 is 0 Å². The maximum absolute atomic E-state index is 11.9. The normalized spacial score (nSPS) is 17.6. The van der Waals surface area contributed by atoms with E-state index in [-0.39, 0.29) is 35.8 Å². The molecule has 2 N–H and O–H groups in total. The molecular weight excluding hydrogens is 439 g/mol. The Bertz CT molecular complexity index is 459. The molecule has 1 aliphatic heterocycles. The van der Waals surface area contributed by atoms with Crippen LogP contribution in [0.2, 0.25) is 0 Å². The van der Waals surface area contributed by atoms with Crippen LogP contribution >= 0.6 is 24.0 Å². The Labute approximate surface area is 165 Å². The van der Waals surface area contributed by atoms with E-state index in [9.17, 15) is 8.42 Å². The van der Waals surface area contributed by atoms with Crippen LogP contribution in [0.1, 0.15) is 53.4 Å². The summed E-state index contributed by atoms with van der Waals surface area (Å²) in [6, 6.07) is 0.290. The molecule has 1 heterocycles. The van der Waals surface area contributed by atoms with Gasteiger partial charge in [-0.3, -0.25) is 4.99 Å². The van der Waals surface area contributed by atoms with Crippen LogP contribution in [0, 0.1) is 5.92 Å². The van der Waals surface area contributed by atoms with Crippen LogP contribution in [0.15, 0.2) is 4.99 Å². The summed E-state index contributed by atoms with van der Waals surface area (Å²) in [6.45, 7) is 11.0. The number of halogens is 1. The Kier molecular flexibility index (Phi) is 12.2. The first-order chi connectivity index (χ1) is 11.0. The number of aliphatic imine (C=N–C) groups is 1. The van der Waals surface area contributed by atoms with Gasteiger partial charge in [0.05, 0.1) is 5.75 Å². The predicted molar refractivity (Wildman–Crippen MR) is 113 cm³/mol. The Morgan fingerprint density at radius 2 is 1.75 bits per heavy atom. The van der Waals surface area contributed by atoms with Gasteiger partial charge in [-0.05, 0) is 32.6 Å². The van der Waals surface area contributed by atoms with Crippen molar-refractivity contribution in [1.82, 2.24) is 14.9 Å². The van der Waals surface area contributed by atoms with Crippen molar-refractivity contribution >= 4 is 40.0 Å². The van der Waals surface area contributed by atoms with Crippen molar-refractivity contribution in [3.05, 3.63) is 0 Å². The molecule has 0 amide bonds. The van der Waals surface area contributed by atoms with Gasteiger partial charge in [0.1, 0.15) is 0 Å². The fourth-order valence-electron chi connectivity index (χ4n) is 2.74. The summed E-state index contributed by atoms with van der Waals surface area (Å²) in [5.41, 5.74) is 0. The van der Waals surface area contributed by atoms with Crippen molar-refractivity contribution in [3.63, 3.8) is 0 Å². The second-order valence-corrected chi connectivity index (χ2v) is 8.38. The third-order valence-electron chi connectivity index (χ3n) is 4.56. The van der Waals surface area contributed by atoms with Crippen molar-refractivity contribution in [1.29, 1.82) is 0 Å². The molecule has 1 aliphatic rings. The molecule has 0 spiro atoms. The fraction of sp³-hybridized carbons (Fsp3) is 0.938. The Morgan fingerprint density at radius 1 is 1.17 bits per heavy atom. The molecule has 0 saturated carbocycles. The highest BCUT2D eigenvalue weighted by molar-refractivity contribution is 14.0. The maximum Gasteiger partial charge on any atom is 0.213 e. The van der Waals surface area contributed by atoms with E-state index in [1.54, 1.807) is 11.2 Å². The topological polar surface area (TPSA) is 73.8 Å². The second-order valence-electron chi connectivity index (χ2n) is 6.12. The monoisotopic (exact) mass is 474 g/mol. The van der Waals surface area contributed by atoms with Gasteiger partial charge in [0.2, 0.25) is 10.0 Å². The molecule has 1 saturated heterocycles. The number of sulfonamides is 1. The molecule has 0 bridgehead atoms. The molecule has 1 fully saturated rings. The quantitative estimate of drug-likeness (QED) is 0.322. The highest BCUT2D eigenvalue weighted by atomic mass is 127. The van der Waals surface area contributed by atoms with Crippen LogP contribution in [0.5, 0.6) is 0 Å². The van der Waals surface area contributed by atoms with Gasteiger partial charge in [-0.25, -0.2) is 12.7 Å². The zero-order valence-corrected chi connectivity index (χ0v) is 18.7. The van der Waals surface area contributed by atoms with Gasteiger partial charge in [0.15, 0.2) is 5.96 Å². The Morgan fingerprint density at radius 3 is 2.21 bits per heavy atom. The van der Waals surface area contributed by atoms with E-state index in [4.69, 9.17) is 4.99 Å². The smallest absolute Gasteiger partial charge is 0.213 e. The molecule has 0 aromatic carbocycles. The minimum absolute atomic E-state index is 0. The number of guanidine groups is 1. The molecule has 8 heteroatoms. The fourth-order valence-corrected chi connectivity index (χ4v) is 3.87. The number of hydrogen-bond acceptors (Lipinski definition) is 3. The van der Waals surface area contributed by atoms with Crippen LogP contribution in [0.4, 0.5) is 0 Å². The highest BCUT2D eigenvalue weighted by Crippen LogP contribution is 2.14. The summed E-state index contributed by atoms with van der Waals surface area (Å²) in [5.74, 6) is 1.67. The molecule has 0 aromatic heterocycles. The first-order valence-electron chi connectivity index (χ1n) is 8.99. The van der Waals surface area contributed by atoms with Gasteiger partial charge in [-0.2, -0.15) is 0 Å². The summed E-state index contributed by atoms with van der Waals surface area (Å²) < 4.78 is 25.4. The van der Waals surface area contributed by atoms with Crippen molar-refractivity contribution in [2.75, 3.05) is 31.9 Å². The Hall–Kier alpha value is -0.0900. The summed E-state index contributed by atoms with van der Waals surface area (Å²) in [5, 5.41) is 6.76. The van der Waals surface area contributed by atoms with Gasteiger partial charge in [0, 0.05) is 32.2 Å². The molecule has 0 radical (unpaired) electrons. The predicted octanol–water partition coefficient (Wildman–Crippen LogP) is 2.41. The van der Waals surface area contributed by atoms with E-state index in [1.165, 1.54) is 0 Å². The summed E-state index contributed by atoms with van der Waals surface area (Å²) in [4.78, 5) is 4.70. The van der Waals surface area contributed by atoms with Crippen molar-refractivity contribution in [2.24, 2.45) is 10.9 Å². The first-order valence-corrected chi connectivity index (χ1v) is 10.6. The van der Waals surface area contributed by atoms with Gasteiger partial charge < -0.3 is 10.6 Å². The molecule has 1 rings (SSSR count). The SMILES string of the molecule is CCNC(=NCC(CC)CC)NC1CCN(S(=O)(=O)CC)CC1.I. The minimum Gasteiger partial charge on any atom is -0.357 e. The van der Waals surface area contributed by atoms with Gasteiger partial charge in [0.25, 0.3) is 0 Å². The molecule has 0 atom stereocenters. The number of nitrogens with zero attached hydrogens (tertiary/aromatic N) is 2. The summed E-state index contributed by atoms with van der Waals surface area (Å²) in [7, 11) is -3.05. The third-order valence-corrected chi connectivity index (χ3v) is 6.44. The number of hydrogen-bond donors (Lipinski definition) is 2. The van der Waals surface area contributed by atoms with E-state index in [0.29, 0.717) is 19.0 Å². The molecule has 0 aromatic rings. The summed E-state index contributed by atoms with van der Waals surface area (Å²) >= 11 is 0. The van der Waals surface area contributed by atoms with Crippen LogP contribution in [0.3, 0.4) is 0 Å². The van der Waals surface area contributed by atoms with Crippen molar-refractivity contribution in [2.45, 2.75) is 59.4 Å². The summed E-state index contributed by atoms with van der Waals surface area (Å²) in [6.07, 6.45) is 3.95. The molecule has 6 nitrogen and oxygen atoms in total. The lowest BCUT2D eigenvalue weighted by Crippen LogP contribution is -2.50. The van der Waals surface area contributed by atoms with E-state index < -0.39 is 10.0 Å². The van der Waals surface area contributed by atoms with Gasteiger partial charge in [-0.15, -0.1) is 24.0 Å². The average molecular weight is 474 g/mol. The number of nitrogens with one attached hydrogen (secondary N) is 2. The molecule has 0 aliphatic carbocycles. The lowest BCUT2D eigenvalue weighted by molar-refractivity contribution is 0.306. The van der Waals surface area contributed by atoms with E-state index in [1.807, 2.05) is 0 Å². The average Bonchev–Trinajstić information content (AvgIpc) is 2.56. The van der Waals surface area contributed by atoms with Crippen LogP contribution in [-0.2, 0) is 10.0 Å². The van der Waals surface area contributed by atoms with Crippen LogP contribution in [0.25, 0.3) is 0 Å². The van der Waals surface area contributed by atoms with Crippen LogP contribution in [-0.4, -0.2) is 56.7 Å². The maximum atomic E-state index is 11.9. The number of piperidine rings is 1. The zero-order chi connectivity index (χ0) is 17.3. The van der Waals surface area contributed by atoms with E-state index >= 15 is 0 Å². The van der Waals surface area contributed by atoms with E-state index in [2.05, 4.69) is 31.4 Å². The second kappa shape index (κ2) is 12.3. The molecule has 24 heavy (non-hydrogen) atoms. The van der Waals surface area contributed by atoms with Crippen LogP contribution < -0.4 is 10.6 Å². The highest BCUT2D eigenvalue weighted by Gasteiger charge is 2.26. The standard InChI is InChI=1S/C16H34N4O2S.HI/c1-5-14(6-2)13-18-16(17-7-3)19-15-9-11-20(12-10-15)23(21,22)8-4;/h14-15H,5-13H2,1-4H3,(H2,17,18,19);1H. The molecule has 144 valence electrons. The van der Waals surface area contributed by atoms with Crippen molar-refractivity contribution < 1.29 is 8.42 Å². The molecular formula is C16H35IN4O2S. The largest absolute Gasteiger partial charge is 0.357 e. The van der Waals surface area contributed by atoms with Crippen molar-refractivity contribution in [3.8, 4) is 0 Å². The molecule has 0 unspecified atom stereocenters. The lowest BCUT2D eigenvalue weighted by atomic mass is 10.0.